The predicted molar refractivity (Wildman–Crippen MR) is 18.2 cm³/mol. The molecular weight excluding hydrogens is 94.6 g/mol. The fraction of sp³-hybridized carbons (Fsp3) is 0. The molecule has 0 saturated carbocycles. The summed E-state index contributed by atoms with van der Waals surface area (Å²) in [4.78, 5) is 0. The Hall–Kier alpha value is 3.53. The molecule has 4 heteroatoms. The topological polar surface area (TPSA) is 0 Å². The molecule has 0 aliphatic carbocycles. The van der Waals surface area contributed by atoms with Crippen LogP contribution in [-0.2, 0) is 0 Å². The Morgan fingerprint density at radius 1 is 0.750 bits per heavy atom. The minimum atomic E-state index is 0. The Labute approximate surface area is 112 Å². The van der Waals surface area contributed by atoms with Crippen molar-refractivity contribution < 1.29 is 67.7 Å². The first kappa shape index (κ1) is 25.8. The van der Waals surface area contributed by atoms with Crippen molar-refractivity contribution in [3.63, 3.8) is 0 Å². The van der Waals surface area contributed by atoms with Crippen molar-refractivity contribution in [1.82, 2.24) is 0 Å². The molecular formula is H6Mg2Na2. The summed E-state index contributed by atoms with van der Waals surface area (Å²) in [5.74, 6) is 0. The normalized spacial score (nSPS) is 0. The van der Waals surface area contributed by atoms with Crippen LogP contribution in [0.2, 0.25) is 0 Å². The average Bonchev–Trinajstić information content (AvgIpc) is 0. The summed E-state index contributed by atoms with van der Waals surface area (Å²) < 4.78 is 0. The first-order valence-corrected chi connectivity index (χ1v) is 0. The van der Waals surface area contributed by atoms with Crippen LogP contribution >= 0.6 is 0 Å². The maximum absolute atomic E-state index is 0. The molecule has 0 aromatic rings. The maximum Gasteiger partial charge on any atom is 2.00 e. The second-order valence-corrected chi connectivity index (χ2v) is 0. The van der Waals surface area contributed by atoms with Crippen molar-refractivity contribution in [3.8, 4) is 0 Å². The number of rotatable bonds is 0. The van der Waals surface area contributed by atoms with Gasteiger partial charge in [-0.15, -0.1) is 0 Å². The quantitative estimate of drug-likeness (QED) is 0.266. The maximum atomic E-state index is 0. The molecule has 0 heterocycles. The summed E-state index contributed by atoms with van der Waals surface area (Å²) in [6.45, 7) is 0. The Morgan fingerprint density at radius 2 is 0.750 bits per heavy atom. The van der Waals surface area contributed by atoms with Crippen LogP contribution in [-0.4, -0.2) is 46.1 Å². The molecule has 0 amide bonds. The second kappa shape index (κ2) is 16.0. The molecule has 0 spiro atoms. The molecule has 0 N–H and O–H groups in total. The van der Waals surface area contributed by atoms with Crippen LogP contribution in [0.3, 0.4) is 0 Å². The largest absolute Gasteiger partial charge is 2.00 e. The fourth-order valence-electron chi connectivity index (χ4n) is 0. The zero-order valence-electron chi connectivity index (χ0n) is 9.41. The van der Waals surface area contributed by atoms with Gasteiger partial charge < -0.3 is 8.56 Å². The predicted octanol–water partition coefficient (Wildman–Crippen LogP) is -6.08. The summed E-state index contributed by atoms with van der Waals surface area (Å²) in [5.41, 5.74) is 0. The molecule has 0 fully saturated rings. The molecule has 0 aromatic heterocycles. The van der Waals surface area contributed by atoms with Gasteiger partial charge in [-0.3, -0.25) is 0 Å². The zero-order chi connectivity index (χ0) is 0. The molecule has 0 unspecified atom stereocenters. The van der Waals surface area contributed by atoms with Crippen molar-refractivity contribution in [1.29, 1.82) is 0 Å². The van der Waals surface area contributed by atoms with Crippen LogP contribution < -0.4 is 59.1 Å². The SMILES string of the molecule is [H-].[H-].[H-].[H-].[H-].[H-].[Mg+2].[Mg+2].[Na+].[Na+]. The monoisotopic (exact) mass is 100.0 g/mol. The van der Waals surface area contributed by atoms with Gasteiger partial charge in [0.1, 0.15) is 0 Å². The number of hydrogen-bond acceptors (Lipinski definition) is 0. The minimum absolute atomic E-state index is 0. The smallest absolute Gasteiger partial charge is 1.00 e. The number of hydrogen-bond donors (Lipinski definition) is 0. The first-order valence-electron chi connectivity index (χ1n) is 0. The Kier molecular flexibility index (Phi) is 103. The van der Waals surface area contributed by atoms with Crippen molar-refractivity contribution in [2.45, 2.75) is 0 Å². The molecule has 0 aliphatic rings. The third-order valence-electron chi connectivity index (χ3n) is 0. The van der Waals surface area contributed by atoms with E-state index in [1.807, 2.05) is 0 Å². The van der Waals surface area contributed by atoms with Gasteiger partial charge in [0.05, 0.1) is 0 Å². The van der Waals surface area contributed by atoms with Gasteiger partial charge in [0.15, 0.2) is 0 Å². The Balaban J connectivity index is 0. The minimum Gasteiger partial charge on any atom is -1.00 e. The van der Waals surface area contributed by atoms with E-state index in [2.05, 4.69) is 0 Å². The van der Waals surface area contributed by atoms with Gasteiger partial charge in [0.25, 0.3) is 0 Å². The van der Waals surface area contributed by atoms with Gasteiger partial charge in [-0.2, -0.15) is 0 Å². The van der Waals surface area contributed by atoms with Gasteiger partial charge >= 0.3 is 105 Å². The van der Waals surface area contributed by atoms with Crippen LogP contribution in [0.25, 0.3) is 0 Å². The summed E-state index contributed by atoms with van der Waals surface area (Å²) >= 11 is 0. The van der Waals surface area contributed by atoms with Crippen molar-refractivity contribution in [3.05, 3.63) is 0 Å². The summed E-state index contributed by atoms with van der Waals surface area (Å²) in [7, 11) is 0. The molecule has 0 aliphatic heterocycles. The van der Waals surface area contributed by atoms with E-state index in [-0.39, 0.29) is 114 Å². The van der Waals surface area contributed by atoms with E-state index in [4.69, 9.17) is 0 Å². The summed E-state index contributed by atoms with van der Waals surface area (Å²) in [5, 5.41) is 0. The molecule has 0 atom stereocenters. The van der Waals surface area contributed by atoms with Gasteiger partial charge in [0, 0.05) is 0 Å². The van der Waals surface area contributed by atoms with Crippen molar-refractivity contribution in [2.75, 3.05) is 0 Å². The van der Waals surface area contributed by atoms with Gasteiger partial charge in [-0.05, 0) is 0 Å². The molecule has 12 valence electrons. The zero-order valence-corrected chi connectivity index (χ0v) is 10.2. The van der Waals surface area contributed by atoms with E-state index in [9.17, 15) is 0 Å². The van der Waals surface area contributed by atoms with E-state index in [0.29, 0.717) is 0 Å². The molecule has 0 nitrogen and oxygen atoms in total. The van der Waals surface area contributed by atoms with E-state index < -0.39 is 0 Å². The van der Waals surface area contributed by atoms with Gasteiger partial charge in [0.2, 0.25) is 0 Å². The third kappa shape index (κ3) is 9.11. The fourth-order valence-corrected chi connectivity index (χ4v) is 0. The first-order chi connectivity index (χ1) is 0. The van der Waals surface area contributed by atoms with Gasteiger partial charge in [-0.1, -0.05) is 0 Å². The molecule has 0 aromatic carbocycles. The van der Waals surface area contributed by atoms with Crippen LogP contribution in [0.5, 0.6) is 0 Å². The van der Waals surface area contributed by atoms with Crippen LogP contribution in [0.1, 0.15) is 8.56 Å². The molecule has 0 radical (unpaired) electrons. The molecule has 0 rings (SSSR count). The van der Waals surface area contributed by atoms with Crippen LogP contribution in [0, 0.1) is 0 Å². The van der Waals surface area contributed by atoms with E-state index in [1.165, 1.54) is 0 Å². The Morgan fingerprint density at radius 3 is 0.750 bits per heavy atom. The Bertz CT molecular complexity index is 13.7. The summed E-state index contributed by atoms with van der Waals surface area (Å²) in [6.07, 6.45) is 0. The van der Waals surface area contributed by atoms with Gasteiger partial charge in [-0.25, -0.2) is 0 Å². The van der Waals surface area contributed by atoms with Crippen LogP contribution in [0.4, 0.5) is 0 Å². The second-order valence-electron chi connectivity index (χ2n) is 0. The van der Waals surface area contributed by atoms with E-state index in [0.717, 1.165) is 0 Å². The van der Waals surface area contributed by atoms with Crippen molar-refractivity contribution in [2.24, 2.45) is 0 Å². The molecule has 0 saturated heterocycles. The van der Waals surface area contributed by atoms with Crippen LogP contribution in [0.15, 0.2) is 0 Å². The van der Waals surface area contributed by atoms with E-state index in [1.54, 1.807) is 0 Å². The molecule has 0 bridgehead atoms. The van der Waals surface area contributed by atoms with E-state index >= 15 is 0 Å². The summed E-state index contributed by atoms with van der Waals surface area (Å²) in [6, 6.07) is 0. The van der Waals surface area contributed by atoms with Crippen molar-refractivity contribution >= 4 is 46.1 Å². The average molecular weight is 101 g/mol. The molecule has 4 heavy (non-hydrogen) atoms. The standard InChI is InChI=1S/2Mg.2Na.6H/q2*+2;2*+1;6*-1. The third-order valence-corrected chi connectivity index (χ3v) is 0.